The number of carboxylic acid groups (broad SMARTS) is 1. The lowest BCUT2D eigenvalue weighted by atomic mass is 9.90. The maximum Gasteiger partial charge on any atom is 0.329 e. The van der Waals surface area contributed by atoms with Crippen molar-refractivity contribution < 1.29 is 14.7 Å². The molecule has 5 nitrogen and oxygen atoms in total. The van der Waals surface area contributed by atoms with Crippen molar-refractivity contribution in [2.24, 2.45) is 0 Å². The molecule has 2 N–H and O–H groups in total. The van der Waals surface area contributed by atoms with Crippen LogP contribution in [0.15, 0.2) is 0 Å². The Morgan fingerprint density at radius 1 is 1.50 bits per heavy atom. The Hall–Kier alpha value is -0.750. The number of rotatable bonds is 5. The van der Waals surface area contributed by atoms with Crippen molar-refractivity contribution in [3.05, 3.63) is 0 Å². The van der Waals surface area contributed by atoms with Crippen LogP contribution in [-0.4, -0.2) is 58.1 Å². The Kier molecular flexibility index (Phi) is 5.32. The number of carbonyl (C=O) groups is 2. The first-order chi connectivity index (χ1) is 9.60. The zero-order chi connectivity index (χ0) is 14.6. The van der Waals surface area contributed by atoms with Crippen molar-refractivity contribution in [1.82, 2.24) is 10.2 Å². The Balaban J connectivity index is 2.04. The van der Waals surface area contributed by atoms with Crippen LogP contribution in [0.1, 0.15) is 39.0 Å². The minimum atomic E-state index is -0.951. The molecular weight excluding hydrogens is 276 g/mol. The molecule has 2 rings (SSSR count). The fourth-order valence-electron chi connectivity index (χ4n) is 3.32. The lowest BCUT2D eigenvalue weighted by molar-refractivity contribution is -0.157. The van der Waals surface area contributed by atoms with Gasteiger partial charge in [0.25, 0.3) is 0 Å². The second kappa shape index (κ2) is 6.80. The number of nitrogens with one attached hydrogen (secondary N) is 1. The van der Waals surface area contributed by atoms with E-state index < -0.39 is 11.5 Å². The van der Waals surface area contributed by atoms with E-state index in [0.717, 1.165) is 30.9 Å². The Labute approximate surface area is 124 Å². The molecule has 0 aliphatic carbocycles. The van der Waals surface area contributed by atoms with Gasteiger partial charge in [-0.05, 0) is 19.3 Å². The predicted molar refractivity (Wildman–Crippen MR) is 80.0 cm³/mol. The summed E-state index contributed by atoms with van der Waals surface area (Å²) in [4.78, 5) is 25.9. The number of nitrogens with zero attached hydrogens (tertiary/aromatic N) is 1. The molecule has 2 heterocycles. The fraction of sp³-hybridized carbons (Fsp3) is 0.857. The minimum absolute atomic E-state index is 0.00153. The van der Waals surface area contributed by atoms with Gasteiger partial charge in [-0.25, -0.2) is 4.79 Å². The van der Waals surface area contributed by atoms with E-state index >= 15 is 0 Å². The Morgan fingerprint density at radius 3 is 2.90 bits per heavy atom. The van der Waals surface area contributed by atoms with Crippen molar-refractivity contribution in [2.75, 3.05) is 24.6 Å². The van der Waals surface area contributed by atoms with E-state index in [9.17, 15) is 14.7 Å². The maximum atomic E-state index is 12.5. The van der Waals surface area contributed by atoms with E-state index in [1.165, 1.54) is 0 Å². The summed E-state index contributed by atoms with van der Waals surface area (Å²) < 4.78 is 0. The average molecular weight is 300 g/mol. The predicted octanol–water partition coefficient (Wildman–Crippen LogP) is 1.33. The van der Waals surface area contributed by atoms with Crippen molar-refractivity contribution in [3.8, 4) is 0 Å². The van der Waals surface area contributed by atoms with Gasteiger partial charge in [0.15, 0.2) is 0 Å². The smallest absolute Gasteiger partial charge is 0.329 e. The van der Waals surface area contributed by atoms with Crippen LogP contribution in [-0.2, 0) is 9.59 Å². The lowest BCUT2D eigenvalue weighted by Crippen LogP contribution is -2.54. The van der Waals surface area contributed by atoms with E-state index in [1.807, 2.05) is 18.7 Å². The largest absolute Gasteiger partial charge is 0.479 e. The van der Waals surface area contributed by atoms with Gasteiger partial charge in [0.2, 0.25) is 5.91 Å². The van der Waals surface area contributed by atoms with Crippen LogP contribution in [0.4, 0.5) is 0 Å². The second-order valence-corrected chi connectivity index (χ2v) is 6.82. The molecule has 1 amide bonds. The van der Waals surface area contributed by atoms with Gasteiger partial charge in [0.1, 0.15) is 5.54 Å². The lowest BCUT2D eigenvalue weighted by Gasteiger charge is -2.36. The van der Waals surface area contributed by atoms with Crippen LogP contribution in [0.3, 0.4) is 0 Å². The highest BCUT2D eigenvalue weighted by Gasteiger charge is 2.49. The second-order valence-electron chi connectivity index (χ2n) is 5.67. The van der Waals surface area contributed by atoms with Gasteiger partial charge in [-0.3, -0.25) is 4.79 Å². The molecule has 0 bridgehead atoms. The van der Waals surface area contributed by atoms with Crippen molar-refractivity contribution in [2.45, 2.75) is 50.6 Å². The summed E-state index contributed by atoms with van der Waals surface area (Å²) in [5.74, 6) is 1.19. The SMILES string of the molecule is CCCC1(C(=O)O)CCCN1C(=O)CC1CSCCN1. The molecule has 2 aliphatic heterocycles. The molecule has 0 aromatic heterocycles. The van der Waals surface area contributed by atoms with E-state index in [0.29, 0.717) is 25.8 Å². The zero-order valence-corrected chi connectivity index (χ0v) is 12.9. The van der Waals surface area contributed by atoms with Gasteiger partial charge >= 0.3 is 5.97 Å². The molecule has 2 unspecified atom stereocenters. The first-order valence-corrected chi connectivity index (χ1v) is 8.60. The average Bonchev–Trinajstić information content (AvgIpc) is 2.85. The van der Waals surface area contributed by atoms with Gasteiger partial charge in [-0.15, -0.1) is 0 Å². The Morgan fingerprint density at radius 2 is 2.30 bits per heavy atom. The molecule has 2 saturated heterocycles. The number of carboxylic acids is 1. The summed E-state index contributed by atoms with van der Waals surface area (Å²) >= 11 is 1.85. The molecule has 0 radical (unpaired) electrons. The summed E-state index contributed by atoms with van der Waals surface area (Å²) in [7, 11) is 0. The summed E-state index contributed by atoms with van der Waals surface area (Å²) in [6.07, 6.45) is 3.15. The van der Waals surface area contributed by atoms with Gasteiger partial charge in [0, 0.05) is 37.1 Å². The molecule has 0 aromatic rings. The maximum absolute atomic E-state index is 12.5. The van der Waals surface area contributed by atoms with Crippen LogP contribution in [0.25, 0.3) is 0 Å². The van der Waals surface area contributed by atoms with Gasteiger partial charge in [-0.1, -0.05) is 13.3 Å². The fourth-order valence-corrected chi connectivity index (χ4v) is 4.27. The summed E-state index contributed by atoms with van der Waals surface area (Å²) in [6, 6.07) is 0.190. The number of hydrogen-bond donors (Lipinski definition) is 2. The molecule has 0 spiro atoms. The molecule has 114 valence electrons. The molecular formula is C14H24N2O3S. The number of likely N-dealkylation sites (tertiary alicyclic amines) is 1. The number of hydrogen-bond acceptors (Lipinski definition) is 4. The van der Waals surface area contributed by atoms with Crippen molar-refractivity contribution in [3.63, 3.8) is 0 Å². The molecule has 2 fully saturated rings. The highest BCUT2D eigenvalue weighted by molar-refractivity contribution is 7.99. The topological polar surface area (TPSA) is 69.6 Å². The standard InChI is InChI=1S/C14H24N2O3S/c1-2-4-14(13(18)19)5-3-7-16(14)12(17)9-11-10-20-8-6-15-11/h11,15H,2-10H2,1H3,(H,18,19). The molecule has 20 heavy (non-hydrogen) atoms. The first kappa shape index (κ1) is 15.6. The van der Waals surface area contributed by atoms with Crippen LogP contribution in [0.5, 0.6) is 0 Å². The van der Waals surface area contributed by atoms with E-state index in [4.69, 9.17) is 0 Å². The van der Waals surface area contributed by atoms with Crippen LogP contribution < -0.4 is 5.32 Å². The third-order valence-electron chi connectivity index (χ3n) is 4.27. The number of aliphatic carboxylic acids is 1. The normalized spacial score (nSPS) is 30.4. The van der Waals surface area contributed by atoms with Gasteiger partial charge in [-0.2, -0.15) is 11.8 Å². The number of amides is 1. The quantitative estimate of drug-likeness (QED) is 0.801. The molecule has 6 heteroatoms. The van der Waals surface area contributed by atoms with Crippen molar-refractivity contribution >= 4 is 23.6 Å². The van der Waals surface area contributed by atoms with Crippen molar-refractivity contribution in [1.29, 1.82) is 0 Å². The zero-order valence-electron chi connectivity index (χ0n) is 12.1. The van der Waals surface area contributed by atoms with E-state index in [2.05, 4.69) is 5.32 Å². The molecule has 0 saturated carbocycles. The van der Waals surface area contributed by atoms with E-state index in [1.54, 1.807) is 4.90 Å². The third-order valence-corrected chi connectivity index (χ3v) is 5.40. The van der Waals surface area contributed by atoms with Gasteiger partial charge < -0.3 is 15.3 Å². The highest BCUT2D eigenvalue weighted by atomic mass is 32.2. The minimum Gasteiger partial charge on any atom is -0.479 e. The summed E-state index contributed by atoms with van der Waals surface area (Å²) in [5.41, 5.74) is -0.951. The number of thioether (sulfide) groups is 1. The monoisotopic (exact) mass is 300 g/mol. The van der Waals surface area contributed by atoms with Crippen LogP contribution in [0.2, 0.25) is 0 Å². The van der Waals surface area contributed by atoms with Crippen LogP contribution in [0, 0.1) is 0 Å². The molecule has 2 atom stereocenters. The third kappa shape index (κ3) is 3.11. The summed E-state index contributed by atoms with van der Waals surface area (Å²) in [6.45, 7) is 3.50. The summed E-state index contributed by atoms with van der Waals surface area (Å²) in [5, 5.41) is 13.0. The van der Waals surface area contributed by atoms with E-state index in [-0.39, 0.29) is 11.9 Å². The Bertz CT molecular complexity index is 371. The number of carbonyl (C=O) groups excluding carboxylic acids is 1. The van der Waals surface area contributed by atoms with Crippen LogP contribution >= 0.6 is 11.8 Å². The first-order valence-electron chi connectivity index (χ1n) is 7.45. The highest BCUT2D eigenvalue weighted by Crippen LogP contribution is 2.34. The molecule has 0 aromatic carbocycles. The van der Waals surface area contributed by atoms with Gasteiger partial charge in [0.05, 0.1) is 0 Å². The molecule has 2 aliphatic rings.